The van der Waals surface area contributed by atoms with Crippen LogP contribution in [0.2, 0.25) is 0 Å². The Labute approximate surface area is 198 Å². The number of ether oxygens (including phenoxy) is 2. The zero-order valence-corrected chi connectivity index (χ0v) is 19.9. The highest BCUT2D eigenvalue weighted by Gasteiger charge is 2.72. The van der Waals surface area contributed by atoms with E-state index < -0.39 is 0 Å². The topological polar surface area (TPSA) is 98.1 Å². The molecule has 3 aliphatic rings. The van der Waals surface area contributed by atoms with E-state index in [1.807, 2.05) is 43.0 Å². The summed E-state index contributed by atoms with van der Waals surface area (Å²) in [4.78, 5) is 32.1. The summed E-state index contributed by atoms with van der Waals surface area (Å²) in [6.45, 7) is 5.43. The van der Waals surface area contributed by atoms with Crippen LogP contribution >= 0.6 is 0 Å². The first-order chi connectivity index (χ1) is 16.4. The van der Waals surface area contributed by atoms with Crippen LogP contribution in [0.1, 0.15) is 43.6 Å². The van der Waals surface area contributed by atoms with Crippen molar-refractivity contribution in [1.82, 2.24) is 24.8 Å². The van der Waals surface area contributed by atoms with E-state index in [0.717, 1.165) is 11.3 Å². The van der Waals surface area contributed by atoms with Gasteiger partial charge >= 0.3 is 0 Å². The maximum atomic E-state index is 13.1. The molecule has 0 aliphatic heterocycles. The minimum absolute atomic E-state index is 0.213. The summed E-state index contributed by atoms with van der Waals surface area (Å²) in [5.74, 6) is 1.21. The lowest BCUT2D eigenvalue weighted by Crippen LogP contribution is -2.78. The second-order valence-corrected chi connectivity index (χ2v) is 9.22. The molecule has 2 amide bonds. The fourth-order valence-electron chi connectivity index (χ4n) is 5.52. The molecule has 2 heterocycles. The van der Waals surface area contributed by atoms with Crippen molar-refractivity contribution >= 4 is 17.5 Å². The van der Waals surface area contributed by atoms with Crippen molar-refractivity contribution in [3.05, 3.63) is 42.2 Å². The standard InChI is InChI=1S/C25H29N5O4/c1-5-29(6-2)23(32)24-13-25(14-24,15-24)27-22(31)17-12-21-26-10-9-18(30(21)28-17)16-7-8-19(33-3)20(11-16)34-4/h7-12H,5-6,13-15H2,1-4H3,(H,27,31). The third-order valence-corrected chi connectivity index (χ3v) is 7.18. The van der Waals surface area contributed by atoms with Crippen LogP contribution in [0.3, 0.4) is 0 Å². The Kier molecular flexibility index (Phi) is 5.22. The van der Waals surface area contributed by atoms with Crippen LogP contribution in [-0.4, -0.2) is 64.2 Å². The summed E-state index contributed by atoms with van der Waals surface area (Å²) < 4.78 is 12.4. The van der Waals surface area contributed by atoms with Crippen molar-refractivity contribution in [1.29, 1.82) is 0 Å². The maximum Gasteiger partial charge on any atom is 0.272 e. The van der Waals surface area contributed by atoms with E-state index >= 15 is 0 Å². The summed E-state index contributed by atoms with van der Waals surface area (Å²) >= 11 is 0. The number of fused-ring (bicyclic) bond motifs is 1. The minimum atomic E-state index is -0.296. The van der Waals surface area contributed by atoms with Crippen LogP contribution in [-0.2, 0) is 4.79 Å². The number of nitrogens with zero attached hydrogens (tertiary/aromatic N) is 4. The Morgan fingerprint density at radius 2 is 1.76 bits per heavy atom. The van der Waals surface area contributed by atoms with Crippen LogP contribution in [0.25, 0.3) is 16.9 Å². The van der Waals surface area contributed by atoms with Gasteiger partial charge in [0.15, 0.2) is 22.8 Å². The molecule has 0 spiro atoms. The number of hydrogen-bond donors (Lipinski definition) is 1. The molecule has 6 rings (SSSR count). The molecular formula is C25H29N5O4. The van der Waals surface area contributed by atoms with Crippen molar-refractivity contribution in [3.8, 4) is 22.8 Å². The highest BCUT2D eigenvalue weighted by atomic mass is 16.5. The Morgan fingerprint density at radius 1 is 1.06 bits per heavy atom. The fraction of sp³-hybridized carbons (Fsp3) is 0.440. The monoisotopic (exact) mass is 463 g/mol. The van der Waals surface area contributed by atoms with E-state index in [1.165, 1.54) is 0 Å². The molecule has 1 aromatic carbocycles. The Bertz CT molecular complexity index is 1260. The first kappa shape index (κ1) is 22.2. The third kappa shape index (κ3) is 3.29. The van der Waals surface area contributed by atoms with Crippen LogP contribution < -0.4 is 14.8 Å². The number of rotatable bonds is 8. The van der Waals surface area contributed by atoms with Gasteiger partial charge in [0.05, 0.1) is 25.3 Å². The molecule has 9 nitrogen and oxygen atoms in total. The Balaban J connectivity index is 1.35. The quantitative estimate of drug-likeness (QED) is 0.552. The minimum Gasteiger partial charge on any atom is -0.493 e. The van der Waals surface area contributed by atoms with Crippen LogP contribution in [0.4, 0.5) is 0 Å². The molecule has 0 unspecified atom stereocenters. The van der Waals surface area contributed by atoms with Gasteiger partial charge in [-0.05, 0) is 57.4 Å². The summed E-state index contributed by atoms with van der Waals surface area (Å²) in [5, 5.41) is 7.68. The van der Waals surface area contributed by atoms with E-state index in [0.29, 0.717) is 55.2 Å². The van der Waals surface area contributed by atoms with Gasteiger partial charge < -0.3 is 19.7 Å². The molecule has 3 fully saturated rings. The predicted molar refractivity (Wildman–Crippen MR) is 126 cm³/mol. The van der Waals surface area contributed by atoms with Crippen molar-refractivity contribution in [2.24, 2.45) is 5.41 Å². The Hall–Kier alpha value is -3.62. The lowest BCUT2D eigenvalue weighted by molar-refractivity contribution is -0.188. The van der Waals surface area contributed by atoms with Crippen LogP contribution in [0, 0.1) is 5.41 Å². The van der Waals surface area contributed by atoms with Crippen LogP contribution in [0.5, 0.6) is 11.5 Å². The number of carbonyl (C=O) groups excluding carboxylic acids is 2. The Morgan fingerprint density at radius 3 is 2.41 bits per heavy atom. The first-order valence-electron chi connectivity index (χ1n) is 11.6. The van der Waals surface area contributed by atoms with E-state index in [1.54, 1.807) is 31.0 Å². The molecule has 0 radical (unpaired) electrons. The van der Waals surface area contributed by atoms with Gasteiger partial charge in [0.25, 0.3) is 5.91 Å². The molecule has 0 saturated heterocycles. The van der Waals surface area contributed by atoms with Crippen LogP contribution in [0.15, 0.2) is 36.5 Å². The second-order valence-electron chi connectivity index (χ2n) is 9.22. The number of benzene rings is 1. The fourth-order valence-corrected chi connectivity index (χ4v) is 5.52. The van der Waals surface area contributed by atoms with Gasteiger partial charge in [-0.2, -0.15) is 5.10 Å². The van der Waals surface area contributed by atoms with Gasteiger partial charge in [0.1, 0.15) is 0 Å². The molecule has 9 heteroatoms. The van der Waals surface area contributed by atoms with E-state index in [9.17, 15) is 9.59 Å². The number of amides is 2. The predicted octanol–water partition coefficient (Wildman–Crippen LogP) is 2.93. The molecule has 1 N–H and O–H groups in total. The van der Waals surface area contributed by atoms with Crippen molar-refractivity contribution < 1.29 is 19.1 Å². The van der Waals surface area contributed by atoms with Gasteiger partial charge in [0, 0.05) is 36.5 Å². The smallest absolute Gasteiger partial charge is 0.272 e. The molecule has 2 aromatic heterocycles. The number of methoxy groups -OCH3 is 2. The lowest BCUT2D eigenvalue weighted by Gasteiger charge is -2.69. The average molecular weight is 464 g/mol. The van der Waals surface area contributed by atoms with Gasteiger partial charge in [-0.1, -0.05) is 0 Å². The first-order valence-corrected chi connectivity index (χ1v) is 11.6. The zero-order valence-electron chi connectivity index (χ0n) is 19.9. The maximum absolute atomic E-state index is 13.1. The van der Waals surface area contributed by atoms with Crippen molar-refractivity contribution in [3.63, 3.8) is 0 Å². The van der Waals surface area contributed by atoms with Crippen molar-refractivity contribution in [2.75, 3.05) is 27.3 Å². The molecule has 2 bridgehead atoms. The highest BCUT2D eigenvalue weighted by Crippen LogP contribution is 2.67. The second kappa shape index (κ2) is 8.00. The molecule has 3 aliphatic carbocycles. The lowest BCUT2D eigenvalue weighted by atomic mass is 9.39. The van der Waals surface area contributed by atoms with E-state index in [2.05, 4.69) is 15.4 Å². The van der Waals surface area contributed by atoms with Gasteiger partial charge in [-0.25, -0.2) is 9.50 Å². The molecule has 3 aromatic rings. The summed E-state index contributed by atoms with van der Waals surface area (Å²) in [6, 6.07) is 9.12. The molecular weight excluding hydrogens is 434 g/mol. The summed E-state index contributed by atoms with van der Waals surface area (Å²) in [5.41, 5.74) is 1.92. The van der Waals surface area contributed by atoms with E-state index in [4.69, 9.17) is 9.47 Å². The van der Waals surface area contributed by atoms with Gasteiger partial charge in [-0.15, -0.1) is 0 Å². The average Bonchev–Trinajstić information content (AvgIpc) is 3.25. The highest BCUT2D eigenvalue weighted by molar-refractivity contribution is 5.95. The van der Waals surface area contributed by atoms with Gasteiger partial charge in [0.2, 0.25) is 5.91 Å². The van der Waals surface area contributed by atoms with Crippen molar-refractivity contribution in [2.45, 2.75) is 38.6 Å². The molecule has 0 atom stereocenters. The number of hydrogen-bond acceptors (Lipinski definition) is 6. The third-order valence-electron chi connectivity index (χ3n) is 7.18. The number of aromatic nitrogens is 3. The number of nitrogens with one attached hydrogen (secondary N) is 1. The van der Waals surface area contributed by atoms with E-state index in [-0.39, 0.29) is 22.8 Å². The molecule has 3 saturated carbocycles. The summed E-state index contributed by atoms with van der Waals surface area (Å²) in [7, 11) is 3.18. The van der Waals surface area contributed by atoms with Gasteiger partial charge in [-0.3, -0.25) is 9.59 Å². The largest absolute Gasteiger partial charge is 0.493 e. The SMILES string of the molecule is CCN(CC)C(=O)C12CC(NC(=O)c3cc4nccc(-c5ccc(OC)c(OC)c5)n4n3)(C1)C2. The molecule has 34 heavy (non-hydrogen) atoms. The molecule has 178 valence electrons. The summed E-state index contributed by atoms with van der Waals surface area (Å²) in [6.07, 6.45) is 3.78. The zero-order chi connectivity index (χ0) is 24.1. The number of carbonyl (C=O) groups is 2. The normalized spacial score (nSPS) is 22.5.